The Morgan fingerprint density at radius 3 is 2.64 bits per heavy atom. The Labute approximate surface area is 149 Å². The first kappa shape index (κ1) is 18.4. The smallest absolute Gasteiger partial charge is 0.240 e. The van der Waals surface area contributed by atoms with Crippen LogP contribution in [0.5, 0.6) is 0 Å². The Morgan fingerprint density at radius 2 is 2.04 bits per heavy atom. The van der Waals surface area contributed by atoms with E-state index in [4.69, 9.17) is 5.73 Å². The minimum Gasteiger partial charge on any atom is -0.329 e. The lowest BCUT2D eigenvalue weighted by atomic mass is 9.99. The third-order valence-corrected chi connectivity index (χ3v) is 6.93. The van der Waals surface area contributed by atoms with Crippen LogP contribution >= 0.6 is 0 Å². The second kappa shape index (κ2) is 7.05. The molecule has 0 spiro atoms. The summed E-state index contributed by atoms with van der Waals surface area (Å²) in [7, 11) is -3.62. The second-order valence-electron chi connectivity index (χ2n) is 7.24. The maximum absolute atomic E-state index is 12.8. The number of benzene rings is 1. The van der Waals surface area contributed by atoms with Crippen molar-refractivity contribution in [1.82, 2.24) is 4.72 Å². The van der Waals surface area contributed by atoms with E-state index >= 15 is 0 Å². The lowest BCUT2D eigenvalue weighted by molar-refractivity contribution is -0.116. The molecule has 1 saturated carbocycles. The molecule has 2 unspecified atom stereocenters. The van der Waals surface area contributed by atoms with Crippen LogP contribution in [0.2, 0.25) is 0 Å². The van der Waals surface area contributed by atoms with Crippen LogP contribution in [0.4, 0.5) is 5.69 Å². The van der Waals surface area contributed by atoms with Gasteiger partial charge >= 0.3 is 0 Å². The van der Waals surface area contributed by atoms with E-state index in [0.29, 0.717) is 18.9 Å². The van der Waals surface area contributed by atoms with Gasteiger partial charge in [-0.3, -0.25) is 4.79 Å². The highest BCUT2D eigenvalue weighted by Gasteiger charge is 2.32. The van der Waals surface area contributed by atoms with Gasteiger partial charge in [0.1, 0.15) is 0 Å². The third-order valence-electron chi connectivity index (χ3n) is 5.45. The summed E-state index contributed by atoms with van der Waals surface area (Å²) in [4.78, 5) is 13.8. The monoisotopic (exact) mass is 365 g/mol. The van der Waals surface area contributed by atoms with E-state index in [2.05, 4.69) is 4.72 Å². The molecule has 1 aliphatic heterocycles. The van der Waals surface area contributed by atoms with Crippen molar-refractivity contribution in [3.05, 3.63) is 23.8 Å². The minimum atomic E-state index is -3.62. The second-order valence-corrected chi connectivity index (χ2v) is 8.95. The van der Waals surface area contributed by atoms with Gasteiger partial charge in [0.25, 0.3) is 0 Å². The number of hydrogen-bond donors (Lipinski definition) is 2. The minimum absolute atomic E-state index is 0.0237. The van der Waals surface area contributed by atoms with E-state index in [1.807, 2.05) is 6.92 Å². The molecule has 3 N–H and O–H groups in total. The molecule has 3 rings (SSSR count). The van der Waals surface area contributed by atoms with E-state index in [1.165, 1.54) is 6.92 Å². The number of carbonyl (C=O) groups excluding carboxylic acids is 1. The highest BCUT2D eigenvalue weighted by Crippen LogP contribution is 2.34. The van der Waals surface area contributed by atoms with Gasteiger partial charge in [-0.1, -0.05) is 12.8 Å². The van der Waals surface area contributed by atoms with Gasteiger partial charge in [0.05, 0.1) is 4.90 Å². The fourth-order valence-corrected chi connectivity index (χ4v) is 5.59. The van der Waals surface area contributed by atoms with Gasteiger partial charge in [0.15, 0.2) is 0 Å². The summed E-state index contributed by atoms with van der Waals surface area (Å²) in [6.07, 6.45) is 5.00. The summed E-state index contributed by atoms with van der Waals surface area (Å²) < 4.78 is 28.4. The Hall–Kier alpha value is -1.44. The molecule has 0 bridgehead atoms. The highest BCUT2D eigenvalue weighted by molar-refractivity contribution is 7.89. The maximum Gasteiger partial charge on any atom is 0.240 e. The summed E-state index contributed by atoms with van der Waals surface area (Å²) in [5.41, 5.74) is 7.54. The number of hydrogen-bond acceptors (Lipinski definition) is 4. The number of fused-ring (bicyclic) bond motifs is 1. The lowest BCUT2D eigenvalue weighted by Crippen LogP contribution is -2.44. The molecule has 1 heterocycles. The van der Waals surface area contributed by atoms with Gasteiger partial charge in [0.2, 0.25) is 15.9 Å². The molecule has 2 aliphatic rings. The van der Waals surface area contributed by atoms with Crippen molar-refractivity contribution in [2.24, 2.45) is 11.7 Å². The van der Waals surface area contributed by atoms with Crippen LogP contribution in [-0.2, 0) is 21.2 Å². The van der Waals surface area contributed by atoms with Crippen LogP contribution in [0.15, 0.2) is 23.1 Å². The molecule has 25 heavy (non-hydrogen) atoms. The molecule has 1 aliphatic carbocycles. The van der Waals surface area contributed by atoms with Crippen LogP contribution < -0.4 is 15.4 Å². The predicted octanol–water partition coefficient (Wildman–Crippen LogP) is 1.78. The number of nitrogens with one attached hydrogen (secondary N) is 1. The van der Waals surface area contributed by atoms with E-state index in [1.54, 1.807) is 23.1 Å². The Bertz CT molecular complexity index is 757. The zero-order valence-electron chi connectivity index (χ0n) is 14.9. The van der Waals surface area contributed by atoms with Crippen LogP contribution in [0.25, 0.3) is 0 Å². The molecule has 1 amide bonds. The van der Waals surface area contributed by atoms with Crippen molar-refractivity contribution < 1.29 is 13.2 Å². The van der Waals surface area contributed by atoms with Crippen molar-refractivity contribution in [3.8, 4) is 0 Å². The number of rotatable bonds is 5. The molecule has 1 aromatic rings. The third kappa shape index (κ3) is 3.59. The van der Waals surface area contributed by atoms with Gasteiger partial charge in [-0.05, 0) is 55.9 Å². The molecule has 7 heteroatoms. The van der Waals surface area contributed by atoms with Crippen LogP contribution in [0, 0.1) is 5.92 Å². The van der Waals surface area contributed by atoms with Gasteiger partial charge in [-0.25, -0.2) is 13.1 Å². The molecular formula is C18H27N3O3S. The summed E-state index contributed by atoms with van der Waals surface area (Å²) in [5, 5.41) is 0. The van der Waals surface area contributed by atoms with Crippen molar-refractivity contribution in [2.75, 3.05) is 11.4 Å². The van der Waals surface area contributed by atoms with E-state index in [9.17, 15) is 13.2 Å². The first-order valence-corrected chi connectivity index (χ1v) is 10.5. The quantitative estimate of drug-likeness (QED) is 0.832. The molecular weight excluding hydrogens is 338 g/mol. The summed E-state index contributed by atoms with van der Waals surface area (Å²) in [6.45, 7) is 3.81. The summed E-state index contributed by atoms with van der Waals surface area (Å²) >= 11 is 0. The summed E-state index contributed by atoms with van der Waals surface area (Å²) in [5.74, 6) is 0.298. The number of nitrogens with two attached hydrogens (primary N) is 1. The molecule has 138 valence electrons. The van der Waals surface area contributed by atoms with Crippen molar-refractivity contribution in [1.29, 1.82) is 0 Å². The predicted molar refractivity (Wildman–Crippen MR) is 97.9 cm³/mol. The van der Waals surface area contributed by atoms with Crippen LogP contribution in [-0.4, -0.2) is 33.0 Å². The van der Waals surface area contributed by atoms with Gasteiger partial charge in [-0.15, -0.1) is 0 Å². The summed E-state index contributed by atoms with van der Waals surface area (Å²) in [6, 6.07) is 4.85. The largest absolute Gasteiger partial charge is 0.329 e. The van der Waals surface area contributed by atoms with Gasteiger partial charge in [-0.2, -0.15) is 0 Å². The number of carbonyl (C=O) groups is 1. The van der Waals surface area contributed by atoms with Gasteiger partial charge < -0.3 is 10.6 Å². The molecule has 1 fully saturated rings. The molecule has 0 saturated heterocycles. The SMILES string of the molecule is CC(=O)N1c2ccc(S(=O)(=O)NC(CN)C3CCCC3)cc2CC1C. The Morgan fingerprint density at radius 1 is 1.36 bits per heavy atom. The van der Waals surface area contributed by atoms with Crippen LogP contribution in [0.3, 0.4) is 0 Å². The Kier molecular flexibility index (Phi) is 5.18. The first-order chi connectivity index (χ1) is 11.8. The fraction of sp³-hybridized carbons (Fsp3) is 0.611. The highest BCUT2D eigenvalue weighted by atomic mass is 32.2. The van der Waals surface area contributed by atoms with Gasteiger partial charge in [0, 0.05) is 31.2 Å². The molecule has 2 atom stereocenters. The molecule has 6 nitrogen and oxygen atoms in total. The standard InChI is InChI=1S/C18H27N3O3S/c1-12-9-15-10-16(7-8-18(15)21(12)13(2)22)25(23,24)20-17(11-19)14-5-3-4-6-14/h7-8,10,12,14,17,20H,3-6,9,11,19H2,1-2H3. The van der Waals surface area contributed by atoms with Crippen molar-refractivity contribution in [3.63, 3.8) is 0 Å². The number of anilines is 1. The Balaban J connectivity index is 1.84. The van der Waals surface area contributed by atoms with Crippen molar-refractivity contribution >= 4 is 21.6 Å². The normalized spacial score (nSPS) is 22.2. The molecule has 0 aromatic heterocycles. The first-order valence-electron chi connectivity index (χ1n) is 8.98. The van der Waals surface area contributed by atoms with Crippen molar-refractivity contribution in [2.45, 2.75) is 62.9 Å². The molecule has 0 radical (unpaired) electrons. The lowest BCUT2D eigenvalue weighted by Gasteiger charge is -2.23. The maximum atomic E-state index is 12.8. The van der Waals surface area contributed by atoms with E-state index < -0.39 is 10.0 Å². The topological polar surface area (TPSA) is 92.5 Å². The molecule has 1 aromatic carbocycles. The van der Waals surface area contributed by atoms with E-state index in [-0.39, 0.29) is 22.9 Å². The number of sulfonamides is 1. The zero-order valence-corrected chi connectivity index (χ0v) is 15.7. The number of nitrogens with zero attached hydrogens (tertiary/aromatic N) is 1. The van der Waals surface area contributed by atoms with Crippen LogP contribution in [0.1, 0.15) is 45.1 Å². The van der Waals surface area contributed by atoms with E-state index in [0.717, 1.165) is 36.9 Å². The zero-order chi connectivity index (χ0) is 18.2. The average Bonchev–Trinajstić information content (AvgIpc) is 3.18. The fourth-order valence-electron chi connectivity index (χ4n) is 4.22. The number of amides is 1. The average molecular weight is 365 g/mol.